The zero-order valence-electron chi connectivity index (χ0n) is 13.9. The van der Waals surface area contributed by atoms with E-state index in [2.05, 4.69) is 0 Å². The first-order chi connectivity index (χ1) is 11.4. The van der Waals surface area contributed by atoms with Gasteiger partial charge in [-0.25, -0.2) is 8.42 Å². The number of benzene rings is 1. The van der Waals surface area contributed by atoms with Gasteiger partial charge >= 0.3 is 5.97 Å². The number of hydrogen-bond donors (Lipinski definition) is 1. The van der Waals surface area contributed by atoms with Crippen molar-refractivity contribution in [2.24, 2.45) is 5.92 Å². The van der Waals surface area contributed by atoms with Gasteiger partial charge in [0.15, 0.2) is 11.5 Å². The van der Waals surface area contributed by atoms with Gasteiger partial charge in [-0.1, -0.05) is 0 Å². The highest BCUT2D eigenvalue weighted by Gasteiger charge is 2.32. The largest absolute Gasteiger partial charge is 0.490 e. The van der Waals surface area contributed by atoms with Crippen LogP contribution in [0.15, 0.2) is 23.1 Å². The Labute approximate surface area is 142 Å². The van der Waals surface area contributed by atoms with E-state index in [1.807, 2.05) is 13.8 Å². The second-order valence-corrected chi connectivity index (χ2v) is 7.43. The van der Waals surface area contributed by atoms with Crippen LogP contribution in [-0.4, -0.2) is 50.1 Å². The maximum Gasteiger partial charge on any atom is 0.306 e. The van der Waals surface area contributed by atoms with Crippen molar-refractivity contribution in [1.82, 2.24) is 4.31 Å². The van der Waals surface area contributed by atoms with Crippen LogP contribution in [0.4, 0.5) is 0 Å². The smallest absolute Gasteiger partial charge is 0.306 e. The summed E-state index contributed by atoms with van der Waals surface area (Å²) in [5, 5.41) is 9.02. The topological polar surface area (TPSA) is 93.1 Å². The second-order valence-electron chi connectivity index (χ2n) is 5.49. The molecule has 0 radical (unpaired) electrons. The molecule has 1 N–H and O–H groups in total. The molecule has 1 aromatic carbocycles. The minimum absolute atomic E-state index is 0.128. The van der Waals surface area contributed by atoms with Gasteiger partial charge in [0, 0.05) is 19.2 Å². The number of nitrogens with zero attached hydrogens (tertiary/aromatic N) is 1. The molecule has 1 saturated heterocycles. The van der Waals surface area contributed by atoms with Gasteiger partial charge in [-0.2, -0.15) is 4.31 Å². The molecule has 0 aliphatic carbocycles. The van der Waals surface area contributed by atoms with Gasteiger partial charge in [0.1, 0.15) is 0 Å². The molecule has 0 aromatic heterocycles. The third-order valence-electron chi connectivity index (χ3n) is 3.96. The molecule has 1 aliphatic rings. The Kier molecular flexibility index (Phi) is 6.06. The fourth-order valence-electron chi connectivity index (χ4n) is 2.68. The molecular formula is C16H23NO6S. The minimum Gasteiger partial charge on any atom is -0.490 e. The first kappa shape index (κ1) is 18.5. The van der Waals surface area contributed by atoms with E-state index in [0.29, 0.717) is 37.6 Å². The molecule has 8 heteroatoms. The van der Waals surface area contributed by atoms with E-state index < -0.39 is 21.9 Å². The summed E-state index contributed by atoms with van der Waals surface area (Å²) >= 11 is 0. The lowest BCUT2D eigenvalue weighted by molar-refractivity contribution is -0.142. The Balaban J connectivity index is 2.23. The van der Waals surface area contributed by atoms with Crippen LogP contribution in [0.3, 0.4) is 0 Å². The van der Waals surface area contributed by atoms with E-state index >= 15 is 0 Å². The van der Waals surface area contributed by atoms with Crippen LogP contribution in [0.5, 0.6) is 11.5 Å². The van der Waals surface area contributed by atoms with E-state index in [-0.39, 0.29) is 18.0 Å². The fraction of sp³-hybridized carbons (Fsp3) is 0.562. The first-order valence-corrected chi connectivity index (χ1v) is 9.46. The van der Waals surface area contributed by atoms with Gasteiger partial charge in [0.05, 0.1) is 24.0 Å². The Morgan fingerprint density at radius 3 is 2.29 bits per heavy atom. The van der Waals surface area contributed by atoms with E-state index in [1.165, 1.54) is 16.4 Å². The summed E-state index contributed by atoms with van der Waals surface area (Å²) in [6.07, 6.45) is 0.647. The summed E-state index contributed by atoms with van der Waals surface area (Å²) in [4.78, 5) is 11.1. The number of carbonyl (C=O) groups is 1. The van der Waals surface area contributed by atoms with Gasteiger partial charge in [0.25, 0.3) is 0 Å². The monoisotopic (exact) mass is 357 g/mol. The molecule has 0 atom stereocenters. The van der Waals surface area contributed by atoms with Crippen molar-refractivity contribution in [2.75, 3.05) is 26.3 Å². The molecule has 0 bridgehead atoms. The quantitative estimate of drug-likeness (QED) is 0.802. The fourth-order valence-corrected chi connectivity index (χ4v) is 4.17. The molecule has 2 rings (SSSR count). The first-order valence-electron chi connectivity index (χ1n) is 8.02. The maximum atomic E-state index is 12.8. The maximum absolute atomic E-state index is 12.8. The van der Waals surface area contributed by atoms with Gasteiger partial charge in [-0.3, -0.25) is 4.79 Å². The van der Waals surface area contributed by atoms with Gasteiger partial charge in [-0.15, -0.1) is 0 Å². The SMILES string of the molecule is CCOc1ccc(S(=O)(=O)N2CCC(C(=O)O)CC2)cc1OCC. The Bertz CT molecular complexity index is 680. The Morgan fingerprint density at radius 2 is 1.75 bits per heavy atom. The summed E-state index contributed by atoms with van der Waals surface area (Å²) in [5.74, 6) is -0.453. The van der Waals surface area contributed by atoms with Crippen molar-refractivity contribution in [3.8, 4) is 11.5 Å². The van der Waals surface area contributed by atoms with Crippen molar-refractivity contribution < 1.29 is 27.8 Å². The molecule has 24 heavy (non-hydrogen) atoms. The number of aliphatic carboxylic acids is 1. The number of carboxylic acids is 1. The zero-order chi connectivity index (χ0) is 17.7. The summed E-state index contributed by atoms with van der Waals surface area (Å²) in [6, 6.07) is 4.55. The lowest BCUT2D eigenvalue weighted by Gasteiger charge is -2.29. The van der Waals surface area contributed by atoms with E-state index in [9.17, 15) is 13.2 Å². The zero-order valence-corrected chi connectivity index (χ0v) is 14.7. The molecule has 0 saturated carbocycles. The predicted molar refractivity (Wildman–Crippen MR) is 87.9 cm³/mol. The number of hydrogen-bond acceptors (Lipinski definition) is 5. The third-order valence-corrected chi connectivity index (χ3v) is 5.85. The number of sulfonamides is 1. The normalized spacial score (nSPS) is 16.8. The van der Waals surface area contributed by atoms with Crippen LogP contribution in [0, 0.1) is 5.92 Å². The van der Waals surface area contributed by atoms with Crippen molar-refractivity contribution >= 4 is 16.0 Å². The predicted octanol–water partition coefficient (Wildman–Crippen LogP) is 1.97. The highest BCUT2D eigenvalue weighted by molar-refractivity contribution is 7.89. The van der Waals surface area contributed by atoms with Crippen molar-refractivity contribution in [1.29, 1.82) is 0 Å². The highest BCUT2D eigenvalue weighted by Crippen LogP contribution is 2.32. The number of rotatable bonds is 7. The van der Waals surface area contributed by atoms with E-state index in [0.717, 1.165) is 0 Å². The number of piperidine rings is 1. The van der Waals surface area contributed by atoms with Crippen LogP contribution < -0.4 is 9.47 Å². The summed E-state index contributed by atoms with van der Waals surface area (Å²) in [6.45, 7) is 4.91. The van der Waals surface area contributed by atoms with Crippen molar-refractivity contribution in [2.45, 2.75) is 31.6 Å². The summed E-state index contributed by atoms with van der Waals surface area (Å²) in [7, 11) is -3.68. The van der Waals surface area contributed by atoms with Gasteiger partial charge in [0.2, 0.25) is 10.0 Å². The molecule has 1 aliphatic heterocycles. The second kappa shape index (κ2) is 7.85. The summed E-state index contributed by atoms with van der Waals surface area (Å²) < 4.78 is 37.8. The number of carboxylic acid groups (broad SMARTS) is 1. The highest BCUT2D eigenvalue weighted by atomic mass is 32.2. The molecule has 7 nitrogen and oxygen atoms in total. The lowest BCUT2D eigenvalue weighted by atomic mass is 9.99. The van der Waals surface area contributed by atoms with Crippen LogP contribution in [0.1, 0.15) is 26.7 Å². The van der Waals surface area contributed by atoms with E-state index in [4.69, 9.17) is 14.6 Å². The average Bonchev–Trinajstić information content (AvgIpc) is 2.57. The number of ether oxygens (including phenoxy) is 2. The molecule has 134 valence electrons. The van der Waals surface area contributed by atoms with Crippen molar-refractivity contribution in [3.05, 3.63) is 18.2 Å². The van der Waals surface area contributed by atoms with Gasteiger partial charge in [-0.05, 0) is 38.8 Å². The van der Waals surface area contributed by atoms with Crippen LogP contribution in [-0.2, 0) is 14.8 Å². The average molecular weight is 357 g/mol. The Morgan fingerprint density at radius 1 is 1.17 bits per heavy atom. The molecule has 1 heterocycles. The van der Waals surface area contributed by atoms with Gasteiger partial charge < -0.3 is 14.6 Å². The molecule has 1 aromatic rings. The standard InChI is InChI=1S/C16H23NO6S/c1-3-22-14-6-5-13(11-15(14)23-4-2)24(20,21)17-9-7-12(8-10-17)16(18)19/h5-6,11-12H,3-4,7-10H2,1-2H3,(H,18,19). The minimum atomic E-state index is -3.68. The molecule has 0 spiro atoms. The van der Waals surface area contributed by atoms with Crippen LogP contribution >= 0.6 is 0 Å². The van der Waals surface area contributed by atoms with Crippen molar-refractivity contribution in [3.63, 3.8) is 0 Å². The van der Waals surface area contributed by atoms with E-state index in [1.54, 1.807) is 6.07 Å². The van der Waals surface area contributed by atoms with Crippen LogP contribution in [0.25, 0.3) is 0 Å². The Hall–Kier alpha value is -1.80. The lowest BCUT2D eigenvalue weighted by Crippen LogP contribution is -2.40. The summed E-state index contributed by atoms with van der Waals surface area (Å²) in [5.41, 5.74) is 0. The molecular weight excluding hydrogens is 334 g/mol. The molecule has 0 unspecified atom stereocenters. The molecule has 1 fully saturated rings. The third kappa shape index (κ3) is 3.99. The van der Waals surface area contributed by atoms with Crippen LogP contribution in [0.2, 0.25) is 0 Å². The molecule has 0 amide bonds.